The Balaban J connectivity index is 1.63. The molecule has 8 heteroatoms. The average Bonchev–Trinajstić information content (AvgIpc) is 2.78. The van der Waals surface area contributed by atoms with E-state index in [2.05, 4.69) is 10.5 Å². The van der Waals surface area contributed by atoms with Gasteiger partial charge in [0.15, 0.2) is 11.5 Å². The highest BCUT2D eigenvalue weighted by molar-refractivity contribution is 6.34. The van der Waals surface area contributed by atoms with E-state index in [4.69, 9.17) is 25.6 Å². The van der Waals surface area contributed by atoms with Crippen LogP contribution in [0.15, 0.2) is 16.7 Å². The Labute approximate surface area is 157 Å². The highest BCUT2D eigenvalue weighted by atomic mass is 35.5. The summed E-state index contributed by atoms with van der Waals surface area (Å²) in [6, 6.07) is 3.38. The number of rotatable bonds is 5. The highest BCUT2D eigenvalue weighted by Crippen LogP contribution is 2.37. The van der Waals surface area contributed by atoms with Crippen LogP contribution >= 0.6 is 11.6 Å². The predicted molar refractivity (Wildman–Crippen MR) is 98.0 cm³/mol. The van der Waals surface area contributed by atoms with E-state index in [-0.39, 0.29) is 12.5 Å². The first kappa shape index (κ1) is 18.5. The van der Waals surface area contributed by atoms with Gasteiger partial charge in [-0.25, -0.2) is 0 Å². The number of halogens is 1. The lowest BCUT2D eigenvalue weighted by molar-refractivity contribution is -0.117. The topological polar surface area (TPSA) is 76.8 Å². The van der Waals surface area contributed by atoms with Gasteiger partial charge >= 0.3 is 0 Å². The first-order valence-corrected chi connectivity index (χ1v) is 8.81. The minimum Gasteiger partial charge on any atom is -0.490 e. The first-order valence-electron chi connectivity index (χ1n) is 8.43. The van der Waals surface area contributed by atoms with Crippen LogP contribution in [0, 0.1) is 13.8 Å². The van der Waals surface area contributed by atoms with E-state index in [0.29, 0.717) is 42.0 Å². The van der Waals surface area contributed by atoms with Crippen molar-refractivity contribution in [3.8, 4) is 11.5 Å². The van der Waals surface area contributed by atoms with Gasteiger partial charge in [0.25, 0.3) is 0 Å². The number of aryl methyl sites for hydroxylation is 2. The quantitative estimate of drug-likeness (QED) is 0.859. The predicted octanol–water partition coefficient (Wildman–Crippen LogP) is 3.18. The molecule has 140 valence electrons. The molecule has 0 aliphatic carbocycles. The van der Waals surface area contributed by atoms with Crippen molar-refractivity contribution >= 4 is 23.2 Å². The lowest BCUT2D eigenvalue weighted by Gasteiger charge is -2.17. The molecule has 0 radical (unpaired) electrons. The Bertz CT molecular complexity index is 786. The molecule has 1 aliphatic rings. The third-order valence-electron chi connectivity index (χ3n) is 4.13. The summed E-state index contributed by atoms with van der Waals surface area (Å²) in [5.41, 5.74) is 2.33. The number of benzene rings is 1. The van der Waals surface area contributed by atoms with Gasteiger partial charge in [-0.1, -0.05) is 16.8 Å². The summed E-state index contributed by atoms with van der Waals surface area (Å²) in [4.78, 5) is 14.3. The van der Waals surface area contributed by atoms with Gasteiger partial charge in [-0.05, 0) is 20.9 Å². The number of hydrogen-bond donors (Lipinski definition) is 1. The molecule has 0 saturated heterocycles. The third-order valence-corrected chi connectivity index (χ3v) is 4.45. The van der Waals surface area contributed by atoms with Crippen LogP contribution in [-0.4, -0.2) is 42.8 Å². The molecule has 0 atom stereocenters. The van der Waals surface area contributed by atoms with Crippen LogP contribution in [0.25, 0.3) is 0 Å². The molecule has 7 nitrogen and oxygen atoms in total. The van der Waals surface area contributed by atoms with Crippen molar-refractivity contribution in [1.29, 1.82) is 0 Å². The third kappa shape index (κ3) is 4.28. The Hall–Kier alpha value is -2.25. The number of likely N-dealkylation sites (N-methyl/N-ethyl adjacent to an activating group) is 1. The molecule has 0 fully saturated rings. The fourth-order valence-corrected chi connectivity index (χ4v) is 2.97. The zero-order chi connectivity index (χ0) is 18.7. The maximum atomic E-state index is 12.4. The Morgan fingerprint density at radius 2 is 1.96 bits per heavy atom. The molecule has 3 rings (SSSR count). The van der Waals surface area contributed by atoms with Crippen LogP contribution in [-0.2, 0) is 11.3 Å². The number of anilines is 1. The van der Waals surface area contributed by atoms with Gasteiger partial charge in [-0.15, -0.1) is 0 Å². The summed E-state index contributed by atoms with van der Waals surface area (Å²) in [6.07, 6.45) is 0.806. The second-order valence-corrected chi connectivity index (χ2v) is 6.76. The zero-order valence-electron chi connectivity index (χ0n) is 15.1. The normalized spacial score (nSPS) is 13.6. The Morgan fingerprint density at radius 3 is 2.62 bits per heavy atom. The Morgan fingerprint density at radius 1 is 1.27 bits per heavy atom. The SMILES string of the molecule is Cc1noc(C)c1CN(C)CC(=O)Nc1cc2c(cc1Cl)OCCCO2. The van der Waals surface area contributed by atoms with E-state index in [9.17, 15) is 4.79 Å². The molecule has 0 spiro atoms. The monoisotopic (exact) mass is 379 g/mol. The second-order valence-electron chi connectivity index (χ2n) is 6.35. The van der Waals surface area contributed by atoms with E-state index < -0.39 is 0 Å². The van der Waals surface area contributed by atoms with E-state index in [1.54, 1.807) is 12.1 Å². The summed E-state index contributed by atoms with van der Waals surface area (Å²) < 4.78 is 16.4. The van der Waals surface area contributed by atoms with Crippen molar-refractivity contribution in [2.24, 2.45) is 0 Å². The smallest absolute Gasteiger partial charge is 0.238 e. The van der Waals surface area contributed by atoms with Crippen LogP contribution in [0.4, 0.5) is 5.69 Å². The van der Waals surface area contributed by atoms with Gasteiger partial charge in [0.2, 0.25) is 5.91 Å². The van der Waals surface area contributed by atoms with Crippen molar-refractivity contribution in [3.05, 3.63) is 34.2 Å². The number of aromatic nitrogens is 1. The summed E-state index contributed by atoms with van der Waals surface area (Å²) in [5.74, 6) is 1.78. The van der Waals surface area contributed by atoms with Crippen LogP contribution in [0.5, 0.6) is 11.5 Å². The van der Waals surface area contributed by atoms with Crippen molar-refractivity contribution in [1.82, 2.24) is 10.1 Å². The number of ether oxygens (including phenoxy) is 2. The number of amides is 1. The van der Waals surface area contributed by atoms with E-state index in [1.165, 1.54) is 0 Å². The molecule has 0 bridgehead atoms. The molecule has 2 aromatic rings. The van der Waals surface area contributed by atoms with Crippen molar-refractivity contribution in [3.63, 3.8) is 0 Å². The zero-order valence-corrected chi connectivity index (χ0v) is 15.9. The van der Waals surface area contributed by atoms with Crippen molar-refractivity contribution in [2.75, 3.05) is 32.1 Å². The largest absolute Gasteiger partial charge is 0.490 e. The molecule has 1 N–H and O–H groups in total. The molecule has 1 aromatic carbocycles. The van der Waals surface area contributed by atoms with Crippen LogP contribution in [0.2, 0.25) is 5.02 Å². The maximum Gasteiger partial charge on any atom is 0.238 e. The minimum atomic E-state index is -0.171. The average molecular weight is 380 g/mol. The molecule has 2 heterocycles. The summed E-state index contributed by atoms with van der Waals surface area (Å²) in [7, 11) is 1.86. The van der Waals surface area contributed by atoms with Gasteiger partial charge < -0.3 is 19.3 Å². The number of hydrogen-bond acceptors (Lipinski definition) is 6. The number of nitrogens with zero attached hydrogens (tertiary/aromatic N) is 2. The van der Waals surface area contributed by atoms with Crippen molar-refractivity contribution < 1.29 is 18.8 Å². The van der Waals surface area contributed by atoms with Crippen LogP contribution in [0.3, 0.4) is 0 Å². The molecule has 1 amide bonds. The van der Waals surface area contributed by atoms with Gasteiger partial charge in [0.05, 0.1) is 36.2 Å². The number of fused-ring (bicyclic) bond motifs is 1. The second kappa shape index (κ2) is 7.97. The molecule has 1 aliphatic heterocycles. The van der Waals surface area contributed by atoms with E-state index in [1.807, 2.05) is 25.8 Å². The minimum absolute atomic E-state index is 0.171. The summed E-state index contributed by atoms with van der Waals surface area (Å²) >= 11 is 6.27. The van der Waals surface area contributed by atoms with Crippen molar-refractivity contribution in [2.45, 2.75) is 26.8 Å². The molecule has 26 heavy (non-hydrogen) atoms. The molecule has 0 unspecified atom stereocenters. The Kier molecular flexibility index (Phi) is 5.68. The van der Waals surface area contributed by atoms with Gasteiger partial charge in [0, 0.05) is 30.7 Å². The summed E-state index contributed by atoms with van der Waals surface area (Å²) in [6.45, 7) is 5.68. The standard InChI is InChI=1S/C18H22ClN3O4/c1-11-13(12(2)26-21-11)9-22(3)10-18(23)20-15-8-17-16(7-14(15)19)24-5-4-6-25-17/h7-8H,4-6,9-10H2,1-3H3,(H,20,23). The van der Waals surface area contributed by atoms with Gasteiger partial charge in [-0.3, -0.25) is 9.69 Å². The highest BCUT2D eigenvalue weighted by Gasteiger charge is 2.17. The molecule has 0 saturated carbocycles. The van der Waals surface area contributed by atoms with Gasteiger partial charge in [-0.2, -0.15) is 0 Å². The van der Waals surface area contributed by atoms with Crippen LogP contribution in [0.1, 0.15) is 23.4 Å². The maximum absolute atomic E-state index is 12.4. The lowest BCUT2D eigenvalue weighted by Crippen LogP contribution is -2.30. The van der Waals surface area contributed by atoms with E-state index >= 15 is 0 Å². The van der Waals surface area contributed by atoms with E-state index in [0.717, 1.165) is 23.4 Å². The fourth-order valence-electron chi connectivity index (χ4n) is 2.77. The number of carbonyl (C=O) groups excluding carboxylic acids is 1. The molecule has 1 aromatic heterocycles. The molecular weight excluding hydrogens is 358 g/mol. The van der Waals surface area contributed by atoms with Gasteiger partial charge in [0.1, 0.15) is 5.76 Å². The fraction of sp³-hybridized carbons (Fsp3) is 0.444. The van der Waals surface area contributed by atoms with Crippen LogP contribution < -0.4 is 14.8 Å². The summed E-state index contributed by atoms with van der Waals surface area (Å²) in [5, 5.41) is 7.18. The number of carbonyl (C=O) groups is 1. The first-order chi connectivity index (χ1) is 12.4. The number of nitrogens with one attached hydrogen (secondary N) is 1. The molecular formula is C18H22ClN3O4. The lowest BCUT2D eigenvalue weighted by atomic mass is 10.2.